The minimum absolute atomic E-state index is 0.0899. The molecule has 0 bridgehead atoms. The largest absolute Gasteiger partial charge is 0.481 e. The molecule has 3 aliphatic heterocycles. The predicted octanol–water partition coefficient (Wildman–Crippen LogP) is 5.16. The van der Waals surface area contributed by atoms with Crippen LogP contribution in [0.5, 0.6) is 5.88 Å². The molecule has 0 aliphatic carbocycles. The summed E-state index contributed by atoms with van der Waals surface area (Å²) < 4.78 is 7.42. The van der Waals surface area contributed by atoms with Gasteiger partial charge < -0.3 is 20.7 Å². The second-order valence-corrected chi connectivity index (χ2v) is 14.3. The van der Waals surface area contributed by atoms with E-state index in [1.807, 2.05) is 60.9 Å². The van der Waals surface area contributed by atoms with Crippen LogP contribution < -0.4 is 20.7 Å². The molecule has 0 radical (unpaired) electrons. The molecule has 3 fully saturated rings. The first-order valence-electron chi connectivity index (χ1n) is 16.7. The number of halogens is 2. The zero-order valence-corrected chi connectivity index (χ0v) is 29.0. The third kappa shape index (κ3) is 6.30. The highest BCUT2D eigenvalue weighted by Gasteiger charge is 2.47. The molecule has 3 aliphatic rings. The number of likely N-dealkylation sites (tertiary alicyclic amines) is 1. The lowest BCUT2D eigenvalue weighted by atomic mass is 9.79. The van der Waals surface area contributed by atoms with Gasteiger partial charge in [0, 0.05) is 104 Å². The highest BCUT2D eigenvalue weighted by atomic mass is 35.5. The lowest BCUT2D eigenvalue weighted by molar-refractivity contribution is -0.121. The van der Waals surface area contributed by atoms with Gasteiger partial charge in [-0.2, -0.15) is 0 Å². The Morgan fingerprint density at radius 3 is 2.58 bits per heavy atom. The Labute approximate surface area is 299 Å². The second kappa shape index (κ2) is 13.3. The van der Waals surface area contributed by atoms with Crippen LogP contribution in [0.4, 0.5) is 0 Å². The summed E-state index contributed by atoms with van der Waals surface area (Å²) >= 11 is 14.2. The lowest BCUT2D eigenvalue weighted by Gasteiger charge is -2.47. The number of rotatable bonds is 10. The van der Waals surface area contributed by atoms with Gasteiger partial charge in [0.1, 0.15) is 0 Å². The van der Waals surface area contributed by atoms with Crippen molar-refractivity contribution in [1.82, 2.24) is 40.6 Å². The number of amides is 2. The van der Waals surface area contributed by atoms with Gasteiger partial charge in [-0.1, -0.05) is 59.6 Å². The van der Waals surface area contributed by atoms with E-state index < -0.39 is 0 Å². The number of hydrogen-bond donors (Lipinski definition) is 3. The molecule has 6 heterocycles. The van der Waals surface area contributed by atoms with Gasteiger partial charge in [-0.15, -0.1) is 5.10 Å². The van der Waals surface area contributed by atoms with Gasteiger partial charge in [-0.25, -0.2) is 14.6 Å². The van der Waals surface area contributed by atoms with Crippen LogP contribution in [-0.4, -0.2) is 75.8 Å². The van der Waals surface area contributed by atoms with Crippen molar-refractivity contribution in [2.45, 2.75) is 38.4 Å². The summed E-state index contributed by atoms with van der Waals surface area (Å²) in [5.41, 5.74) is 6.40. The Kier molecular flexibility index (Phi) is 8.68. The molecule has 11 nitrogen and oxygen atoms in total. The highest BCUT2D eigenvalue weighted by Crippen LogP contribution is 2.41. The molecule has 2 amide bonds. The van der Waals surface area contributed by atoms with Crippen LogP contribution in [0, 0.1) is 5.41 Å². The maximum atomic E-state index is 11.7. The number of nitrogens with zero attached hydrogens (tertiary/aromatic N) is 5. The zero-order valence-electron chi connectivity index (χ0n) is 27.5. The van der Waals surface area contributed by atoms with E-state index in [1.54, 1.807) is 11.8 Å². The SMILES string of the molecule is COc1nc(-c2cccc(-c3cccc(-n4cc5cc(CN6CC7(CNC(=O)C7)C6)cnc5n4)c3Cl)c2Cl)ccc1CNC[C@@H]1CCC(=O)N1. The van der Waals surface area contributed by atoms with Crippen molar-refractivity contribution in [2.24, 2.45) is 5.41 Å². The summed E-state index contributed by atoms with van der Waals surface area (Å²) in [7, 11) is 1.60. The van der Waals surface area contributed by atoms with Crippen LogP contribution in [0.3, 0.4) is 0 Å². The predicted molar refractivity (Wildman–Crippen MR) is 192 cm³/mol. The van der Waals surface area contributed by atoms with E-state index in [0.717, 1.165) is 65.8 Å². The molecule has 3 aromatic heterocycles. The van der Waals surface area contributed by atoms with Crippen molar-refractivity contribution >= 4 is 46.0 Å². The normalized spacial score (nSPS) is 18.4. The van der Waals surface area contributed by atoms with E-state index in [4.69, 9.17) is 38.0 Å². The fraction of sp³-hybridized carbons (Fsp3) is 0.324. The second-order valence-electron chi connectivity index (χ2n) is 13.5. The van der Waals surface area contributed by atoms with Gasteiger partial charge >= 0.3 is 0 Å². The van der Waals surface area contributed by atoms with Gasteiger partial charge in [0.2, 0.25) is 17.7 Å². The molecule has 0 unspecified atom stereocenters. The van der Waals surface area contributed by atoms with Gasteiger partial charge in [-0.3, -0.25) is 14.5 Å². The smallest absolute Gasteiger partial charge is 0.220 e. The van der Waals surface area contributed by atoms with E-state index in [-0.39, 0.29) is 23.3 Å². The van der Waals surface area contributed by atoms with Crippen LogP contribution in [0.15, 0.2) is 67.0 Å². The molecule has 2 aromatic carbocycles. The third-order valence-electron chi connectivity index (χ3n) is 9.85. The zero-order chi connectivity index (χ0) is 34.4. The fourth-order valence-electron chi connectivity index (χ4n) is 7.40. The molecule has 3 saturated heterocycles. The molecule has 50 heavy (non-hydrogen) atoms. The Bertz CT molecular complexity index is 2130. The number of aromatic nitrogens is 4. The molecule has 8 rings (SSSR count). The Hall–Kier alpha value is -4.55. The maximum absolute atomic E-state index is 11.7. The van der Waals surface area contributed by atoms with Gasteiger partial charge in [0.05, 0.1) is 28.5 Å². The number of fused-ring (bicyclic) bond motifs is 1. The topological polar surface area (TPSA) is 126 Å². The Morgan fingerprint density at radius 1 is 1.02 bits per heavy atom. The van der Waals surface area contributed by atoms with Crippen molar-refractivity contribution in [3.05, 3.63) is 88.2 Å². The number of methoxy groups -OCH3 is 1. The maximum Gasteiger partial charge on any atom is 0.220 e. The third-order valence-corrected chi connectivity index (χ3v) is 10.7. The molecule has 0 saturated carbocycles. The molecule has 13 heteroatoms. The number of nitrogens with one attached hydrogen (secondary N) is 3. The number of pyridine rings is 2. The average Bonchev–Trinajstić information content (AvgIpc) is 3.83. The molecular formula is C37H36Cl2N8O3. The molecule has 256 valence electrons. The monoisotopic (exact) mass is 710 g/mol. The Balaban J connectivity index is 1.01. The molecule has 3 N–H and O–H groups in total. The molecule has 1 atom stereocenters. The summed E-state index contributed by atoms with van der Waals surface area (Å²) in [6, 6.07) is 17.8. The van der Waals surface area contributed by atoms with Crippen LogP contribution >= 0.6 is 23.2 Å². The quantitative estimate of drug-likeness (QED) is 0.182. The Morgan fingerprint density at radius 2 is 1.82 bits per heavy atom. The van der Waals surface area contributed by atoms with Crippen molar-refractivity contribution in [1.29, 1.82) is 0 Å². The molecular weight excluding hydrogens is 675 g/mol. The summed E-state index contributed by atoms with van der Waals surface area (Å²) in [5.74, 6) is 0.758. The van der Waals surface area contributed by atoms with Gasteiger partial charge in [-0.05, 0) is 30.2 Å². The van der Waals surface area contributed by atoms with E-state index >= 15 is 0 Å². The first-order valence-corrected chi connectivity index (χ1v) is 17.5. The molecule has 1 spiro atoms. The van der Waals surface area contributed by atoms with Crippen LogP contribution in [-0.2, 0) is 22.7 Å². The van der Waals surface area contributed by atoms with Gasteiger partial charge in [0.15, 0.2) is 5.65 Å². The number of benzene rings is 2. The van der Waals surface area contributed by atoms with Crippen LogP contribution in [0.25, 0.3) is 39.1 Å². The van der Waals surface area contributed by atoms with Gasteiger partial charge in [0.25, 0.3) is 0 Å². The standard InChI is InChI=1S/C37H36Cl2N8O3/c1-50-36-23(15-40-16-25-9-11-31(48)43-25)8-10-29(44-36)28-6-2-4-26(33(28)38)27-5-3-7-30(34(27)39)47-18-24-12-22(14-41-35(24)45-47)17-46-20-37(21-46)13-32(49)42-19-37/h2-8,10,12,14,18,25,40H,9,11,13,15-17,19-21H2,1H3,(H,42,49)(H,43,48)/t25-/m0/s1. The minimum atomic E-state index is 0.0899. The van der Waals surface area contributed by atoms with Crippen molar-refractivity contribution < 1.29 is 14.3 Å². The fourth-order valence-corrected chi connectivity index (χ4v) is 8.04. The van der Waals surface area contributed by atoms with Crippen LogP contribution in [0.2, 0.25) is 10.0 Å². The number of carbonyl (C=O) groups is 2. The van der Waals surface area contributed by atoms with E-state index in [9.17, 15) is 9.59 Å². The van der Waals surface area contributed by atoms with E-state index in [1.165, 1.54) is 0 Å². The average molecular weight is 712 g/mol. The van der Waals surface area contributed by atoms with Crippen molar-refractivity contribution in [2.75, 3.05) is 33.3 Å². The highest BCUT2D eigenvalue weighted by molar-refractivity contribution is 6.39. The summed E-state index contributed by atoms with van der Waals surface area (Å²) in [6.07, 6.45) is 5.84. The summed E-state index contributed by atoms with van der Waals surface area (Å²) in [4.78, 5) is 35.0. The lowest BCUT2D eigenvalue weighted by Crippen LogP contribution is -2.56. The number of ether oxygens (including phenoxy) is 1. The summed E-state index contributed by atoms with van der Waals surface area (Å²) in [6.45, 7) is 4.59. The summed E-state index contributed by atoms with van der Waals surface area (Å²) in [5, 5.41) is 16.0. The first-order chi connectivity index (χ1) is 24.3. The molecule has 5 aromatic rings. The van der Waals surface area contributed by atoms with Crippen molar-refractivity contribution in [3.63, 3.8) is 0 Å². The first kappa shape index (κ1) is 32.6. The van der Waals surface area contributed by atoms with E-state index in [0.29, 0.717) is 58.9 Å². The number of carbonyl (C=O) groups excluding carboxylic acids is 2. The van der Waals surface area contributed by atoms with E-state index in [2.05, 4.69) is 31.9 Å². The van der Waals surface area contributed by atoms with Crippen LogP contribution in [0.1, 0.15) is 30.4 Å². The number of hydrogen-bond acceptors (Lipinski definition) is 8. The minimum Gasteiger partial charge on any atom is -0.481 e. The van der Waals surface area contributed by atoms with Crippen molar-refractivity contribution in [3.8, 4) is 34.0 Å².